The van der Waals surface area contributed by atoms with E-state index in [0.717, 1.165) is 18.7 Å². The predicted octanol–water partition coefficient (Wildman–Crippen LogP) is 1.71. The van der Waals surface area contributed by atoms with Gasteiger partial charge >= 0.3 is 0 Å². The second-order valence-corrected chi connectivity index (χ2v) is 5.95. The van der Waals surface area contributed by atoms with Crippen LogP contribution < -0.4 is 5.73 Å². The Kier molecular flexibility index (Phi) is 6.92. The van der Waals surface area contributed by atoms with Gasteiger partial charge in [0.05, 0.1) is 6.04 Å². The summed E-state index contributed by atoms with van der Waals surface area (Å²) in [5.41, 5.74) is 6.39. The maximum absolute atomic E-state index is 11.9. The SMILES string of the molecule is CC(c1nc(-c2ccccc2)no1)N1CCN(C(=O)CCN)CC1.Cl. The summed E-state index contributed by atoms with van der Waals surface area (Å²) in [6.45, 7) is 5.46. The predicted molar refractivity (Wildman–Crippen MR) is 97.2 cm³/mol. The Morgan fingerprint density at radius 1 is 1.24 bits per heavy atom. The number of amides is 1. The first-order valence-electron chi connectivity index (χ1n) is 8.30. The molecule has 0 saturated carbocycles. The molecule has 1 unspecified atom stereocenters. The molecule has 1 aromatic heterocycles. The highest BCUT2D eigenvalue weighted by Gasteiger charge is 2.27. The van der Waals surface area contributed by atoms with Gasteiger partial charge in [0.1, 0.15) is 0 Å². The Labute approximate surface area is 153 Å². The molecule has 2 heterocycles. The molecule has 1 fully saturated rings. The summed E-state index contributed by atoms with van der Waals surface area (Å²) in [4.78, 5) is 20.5. The van der Waals surface area contributed by atoms with Crippen LogP contribution in [0.25, 0.3) is 11.4 Å². The molecular formula is C17H24ClN5O2. The highest BCUT2D eigenvalue weighted by atomic mass is 35.5. The van der Waals surface area contributed by atoms with E-state index in [2.05, 4.69) is 22.0 Å². The van der Waals surface area contributed by atoms with Crippen molar-refractivity contribution in [3.8, 4) is 11.4 Å². The van der Waals surface area contributed by atoms with Gasteiger partial charge in [-0.3, -0.25) is 9.69 Å². The molecule has 1 aliphatic heterocycles. The number of carbonyl (C=O) groups is 1. The second kappa shape index (κ2) is 8.94. The topological polar surface area (TPSA) is 88.5 Å². The summed E-state index contributed by atoms with van der Waals surface area (Å²) < 4.78 is 5.45. The van der Waals surface area contributed by atoms with Crippen LogP contribution in [0, 0.1) is 0 Å². The van der Waals surface area contributed by atoms with E-state index in [1.165, 1.54) is 0 Å². The monoisotopic (exact) mass is 365 g/mol. The number of nitrogens with zero attached hydrogens (tertiary/aromatic N) is 4. The zero-order valence-electron chi connectivity index (χ0n) is 14.3. The first kappa shape index (κ1) is 19.4. The Morgan fingerprint density at radius 3 is 2.56 bits per heavy atom. The maximum atomic E-state index is 11.9. The molecule has 0 radical (unpaired) electrons. The van der Waals surface area contributed by atoms with Gasteiger partial charge in [-0.05, 0) is 6.92 Å². The first-order valence-corrected chi connectivity index (χ1v) is 8.30. The Morgan fingerprint density at radius 2 is 1.92 bits per heavy atom. The van der Waals surface area contributed by atoms with Crippen LogP contribution in [0.1, 0.15) is 25.3 Å². The summed E-state index contributed by atoms with van der Waals surface area (Å²) in [5.74, 6) is 1.35. The number of benzene rings is 1. The molecule has 136 valence electrons. The average molecular weight is 366 g/mol. The van der Waals surface area contributed by atoms with E-state index in [-0.39, 0.29) is 24.4 Å². The summed E-state index contributed by atoms with van der Waals surface area (Å²) >= 11 is 0. The molecule has 7 nitrogen and oxygen atoms in total. The molecule has 1 aliphatic rings. The number of halogens is 1. The zero-order valence-corrected chi connectivity index (χ0v) is 15.1. The van der Waals surface area contributed by atoms with E-state index >= 15 is 0 Å². The average Bonchev–Trinajstić information content (AvgIpc) is 3.12. The van der Waals surface area contributed by atoms with Crippen molar-refractivity contribution in [1.82, 2.24) is 19.9 Å². The van der Waals surface area contributed by atoms with Crippen LogP contribution in [-0.2, 0) is 4.79 Å². The molecular weight excluding hydrogens is 342 g/mol. The van der Waals surface area contributed by atoms with E-state index in [1.807, 2.05) is 35.2 Å². The summed E-state index contributed by atoms with van der Waals surface area (Å²) in [6.07, 6.45) is 0.416. The van der Waals surface area contributed by atoms with Crippen LogP contribution in [0.15, 0.2) is 34.9 Å². The molecule has 25 heavy (non-hydrogen) atoms. The molecule has 1 amide bonds. The highest BCUT2D eigenvalue weighted by molar-refractivity contribution is 5.85. The number of rotatable bonds is 5. The van der Waals surface area contributed by atoms with E-state index in [1.54, 1.807) is 0 Å². The number of aromatic nitrogens is 2. The van der Waals surface area contributed by atoms with Crippen LogP contribution in [0.2, 0.25) is 0 Å². The smallest absolute Gasteiger partial charge is 0.244 e. The first-order chi connectivity index (χ1) is 11.7. The van der Waals surface area contributed by atoms with Crippen LogP contribution in [0.5, 0.6) is 0 Å². The van der Waals surface area contributed by atoms with E-state index in [9.17, 15) is 4.79 Å². The van der Waals surface area contributed by atoms with Gasteiger partial charge in [-0.1, -0.05) is 35.5 Å². The Balaban J connectivity index is 0.00000225. The molecule has 1 aromatic carbocycles. The third-order valence-electron chi connectivity index (χ3n) is 4.40. The minimum absolute atomic E-state index is 0. The maximum Gasteiger partial charge on any atom is 0.244 e. The highest BCUT2D eigenvalue weighted by Crippen LogP contribution is 2.23. The molecule has 1 saturated heterocycles. The van der Waals surface area contributed by atoms with Crippen molar-refractivity contribution in [3.63, 3.8) is 0 Å². The summed E-state index contributed by atoms with van der Waals surface area (Å²) in [7, 11) is 0. The van der Waals surface area contributed by atoms with E-state index in [4.69, 9.17) is 10.3 Å². The van der Waals surface area contributed by atoms with Gasteiger partial charge in [0, 0.05) is 44.7 Å². The van der Waals surface area contributed by atoms with Gasteiger partial charge in [-0.15, -0.1) is 12.4 Å². The number of piperazine rings is 1. The summed E-state index contributed by atoms with van der Waals surface area (Å²) in [5, 5.41) is 4.08. The van der Waals surface area contributed by atoms with Crippen molar-refractivity contribution in [3.05, 3.63) is 36.2 Å². The van der Waals surface area contributed by atoms with E-state index in [0.29, 0.717) is 37.8 Å². The van der Waals surface area contributed by atoms with Crippen LogP contribution in [-0.4, -0.2) is 58.6 Å². The fourth-order valence-corrected chi connectivity index (χ4v) is 2.91. The van der Waals surface area contributed by atoms with Crippen LogP contribution >= 0.6 is 12.4 Å². The molecule has 0 bridgehead atoms. The van der Waals surface area contributed by atoms with Crippen molar-refractivity contribution in [2.24, 2.45) is 5.73 Å². The molecule has 0 aliphatic carbocycles. The molecule has 2 N–H and O–H groups in total. The zero-order chi connectivity index (χ0) is 16.9. The lowest BCUT2D eigenvalue weighted by Crippen LogP contribution is -2.49. The fraction of sp³-hybridized carbons (Fsp3) is 0.471. The minimum Gasteiger partial charge on any atom is -0.340 e. The van der Waals surface area contributed by atoms with Crippen molar-refractivity contribution in [2.45, 2.75) is 19.4 Å². The lowest BCUT2D eigenvalue weighted by molar-refractivity contribution is -0.133. The molecule has 8 heteroatoms. The van der Waals surface area contributed by atoms with Crippen molar-refractivity contribution in [1.29, 1.82) is 0 Å². The van der Waals surface area contributed by atoms with Gasteiger partial charge in [0.25, 0.3) is 0 Å². The molecule has 0 spiro atoms. The largest absolute Gasteiger partial charge is 0.340 e. The van der Waals surface area contributed by atoms with Gasteiger partial charge < -0.3 is 15.2 Å². The van der Waals surface area contributed by atoms with Crippen LogP contribution in [0.3, 0.4) is 0 Å². The Hall–Kier alpha value is -1.96. The standard InChI is InChI=1S/C17H23N5O2.ClH/c1-13(21-9-11-22(12-10-21)15(23)7-8-18)17-19-16(20-24-17)14-5-3-2-4-6-14;/h2-6,13H,7-12,18H2,1H3;1H. The molecule has 3 rings (SSSR count). The van der Waals surface area contributed by atoms with Gasteiger partial charge in [-0.2, -0.15) is 4.98 Å². The lowest BCUT2D eigenvalue weighted by Gasteiger charge is -2.36. The van der Waals surface area contributed by atoms with Gasteiger partial charge in [0.2, 0.25) is 17.6 Å². The van der Waals surface area contributed by atoms with Crippen LogP contribution in [0.4, 0.5) is 0 Å². The van der Waals surface area contributed by atoms with Crippen molar-refractivity contribution in [2.75, 3.05) is 32.7 Å². The lowest BCUT2D eigenvalue weighted by atomic mass is 10.2. The number of carbonyl (C=O) groups excluding carboxylic acids is 1. The Bertz CT molecular complexity index is 671. The molecule has 2 aromatic rings. The van der Waals surface area contributed by atoms with E-state index < -0.39 is 0 Å². The number of hydrogen-bond donors (Lipinski definition) is 1. The fourth-order valence-electron chi connectivity index (χ4n) is 2.91. The molecule has 1 atom stereocenters. The van der Waals surface area contributed by atoms with Gasteiger partial charge in [0.15, 0.2) is 0 Å². The number of nitrogens with two attached hydrogens (primary N) is 1. The van der Waals surface area contributed by atoms with Crippen molar-refractivity contribution >= 4 is 18.3 Å². The van der Waals surface area contributed by atoms with Gasteiger partial charge in [-0.25, -0.2) is 0 Å². The second-order valence-electron chi connectivity index (χ2n) is 5.95. The minimum atomic E-state index is 0. The number of hydrogen-bond acceptors (Lipinski definition) is 6. The van der Waals surface area contributed by atoms with Crippen molar-refractivity contribution < 1.29 is 9.32 Å². The third-order valence-corrected chi connectivity index (χ3v) is 4.40. The quantitative estimate of drug-likeness (QED) is 0.867. The normalized spacial score (nSPS) is 16.3. The third kappa shape index (κ3) is 4.56. The summed E-state index contributed by atoms with van der Waals surface area (Å²) in [6, 6.07) is 9.81.